The highest BCUT2D eigenvalue weighted by molar-refractivity contribution is 6.12. The summed E-state index contributed by atoms with van der Waals surface area (Å²) in [5.41, 5.74) is 3.58. The number of hydrogen-bond donors (Lipinski definition) is 2. The third-order valence-corrected chi connectivity index (χ3v) is 3.16. The number of aromatic hydroxyl groups is 1. The highest BCUT2D eigenvalue weighted by Gasteiger charge is 2.57. The largest absolute Gasteiger partial charge is 0.505 e. The number of phenols is 1. The lowest BCUT2D eigenvalue weighted by Gasteiger charge is -2.23. The van der Waals surface area contributed by atoms with Gasteiger partial charge in [-0.05, 0) is 25.0 Å². The average molecular weight is 286 g/mol. The van der Waals surface area contributed by atoms with Crippen LogP contribution in [0.15, 0.2) is 18.2 Å². The predicted octanol–water partition coefficient (Wildman–Crippen LogP) is 0.988. The SMILES string of the molecule is NC(=O)C1(C(=O)N(OCF)c2ccc(O)c(F)c2)CC1. The van der Waals surface area contributed by atoms with E-state index in [2.05, 4.69) is 4.84 Å². The van der Waals surface area contributed by atoms with Gasteiger partial charge >= 0.3 is 0 Å². The minimum absolute atomic E-state index is 0.143. The number of rotatable bonds is 5. The summed E-state index contributed by atoms with van der Waals surface area (Å²) in [6.45, 7) is -1.34. The van der Waals surface area contributed by atoms with Gasteiger partial charge in [0.2, 0.25) is 12.8 Å². The van der Waals surface area contributed by atoms with E-state index in [-0.39, 0.29) is 18.5 Å². The molecule has 0 aromatic heterocycles. The van der Waals surface area contributed by atoms with E-state index in [0.717, 1.165) is 18.2 Å². The number of halogens is 2. The molecule has 0 radical (unpaired) electrons. The molecule has 1 aliphatic rings. The van der Waals surface area contributed by atoms with E-state index in [4.69, 9.17) is 10.8 Å². The normalized spacial score (nSPS) is 15.7. The number of carbonyl (C=O) groups excluding carboxylic acids is 2. The number of hydroxylamine groups is 1. The maximum atomic E-state index is 13.3. The molecule has 2 amide bonds. The average Bonchev–Trinajstić information content (AvgIpc) is 3.20. The number of hydrogen-bond acceptors (Lipinski definition) is 4. The smallest absolute Gasteiger partial charge is 0.266 e. The molecule has 0 unspecified atom stereocenters. The molecule has 2 rings (SSSR count). The van der Waals surface area contributed by atoms with E-state index < -0.39 is 35.7 Å². The Morgan fingerprint density at radius 3 is 2.55 bits per heavy atom. The number of carbonyl (C=O) groups is 2. The molecule has 108 valence electrons. The van der Waals surface area contributed by atoms with Gasteiger partial charge in [0.15, 0.2) is 11.6 Å². The topological polar surface area (TPSA) is 92.9 Å². The number of primary amides is 1. The van der Waals surface area contributed by atoms with E-state index in [0.29, 0.717) is 5.06 Å². The monoisotopic (exact) mass is 286 g/mol. The third kappa shape index (κ3) is 2.29. The third-order valence-electron chi connectivity index (χ3n) is 3.16. The van der Waals surface area contributed by atoms with Gasteiger partial charge in [0.25, 0.3) is 5.91 Å². The van der Waals surface area contributed by atoms with Crippen LogP contribution in [0.25, 0.3) is 0 Å². The predicted molar refractivity (Wildman–Crippen MR) is 63.5 cm³/mol. The molecule has 6 nitrogen and oxygen atoms in total. The van der Waals surface area contributed by atoms with Gasteiger partial charge in [-0.15, -0.1) is 0 Å². The molecule has 20 heavy (non-hydrogen) atoms. The maximum absolute atomic E-state index is 13.3. The number of nitrogens with two attached hydrogens (primary N) is 1. The molecule has 1 aliphatic carbocycles. The fourth-order valence-electron chi connectivity index (χ4n) is 1.81. The molecule has 8 heteroatoms. The Labute approximate surface area is 112 Å². The van der Waals surface area contributed by atoms with Crippen molar-refractivity contribution in [3.63, 3.8) is 0 Å². The Morgan fingerprint density at radius 2 is 2.10 bits per heavy atom. The summed E-state index contributed by atoms with van der Waals surface area (Å²) in [5.74, 6) is -3.33. The second-order valence-corrected chi connectivity index (χ2v) is 4.42. The summed E-state index contributed by atoms with van der Waals surface area (Å²) >= 11 is 0. The zero-order chi connectivity index (χ0) is 14.9. The summed E-state index contributed by atoms with van der Waals surface area (Å²) < 4.78 is 25.7. The molecule has 3 N–H and O–H groups in total. The molecule has 0 saturated heterocycles. The molecule has 0 atom stereocenters. The summed E-state index contributed by atoms with van der Waals surface area (Å²) in [7, 11) is 0. The van der Waals surface area contributed by atoms with Crippen molar-refractivity contribution in [2.75, 3.05) is 11.9 Å². The van der Waals surface area contributed by atoms with E-state index in [1.54, 1.807) is 0 Å². The first kappa shape index (κ1) is 14.2. The summed E-state index contributed by atoms with van der Waals surface area (Å²) in [6, 6.07) is 2.93. The van der Waals surface area contributed by atoms with E-state index in [9.17, 15) is 18.4 Å². The second kappa shape index (κ2) is 5.04. The number of anilines is 1. The van der Waals surface area contributed by atoms with Gasteiger partial charge in [0.05, 0.1) is 5.69 Å². The zero-order valence-electron chi connectivity index (χ0n) is 10.3. The van der Waals surface area contributed by atoms with Gasteiger partial charge in [-0.1, -0.05) is 0 Å². The lowest BCUT2D eigenvalue weighted by molar-refractivity contribution is -0.140. The first-order chi connectivity index (χ1) is 9.42. The van der Waals surface area contributed by atoms with Gasteiger partial charge in [0.1, 0.15) is 5.41 Å². The lowest BCUT2D eigenvalue weighted by Crippen LogP contribution is -2.43. The van der Waals surface area contributed by atoms with Crippen LogP contribution >= 0.6 is 0 Å². The van der Waals surface area contributed by atoms with Crippen LogP contribution in [0.3, 0.4) is 0 Å². The van der Waals surface area contributed by atoms with Crippen LogP contribution in [-0.2, 0) is 14.4 Å². The van der Waals surface area contributed by atoms with Crippen molar-refractivity contribution in [1.82, 2.24) is 0 Å². The molecule has 1 aromatic rings. The number of amides is 2. The Bertz CT molecular complexity index is 560. The highest BCUT2D eigenvalue weighted by atomic mass is 19.1. The van der Waals surface area contributed by atoms with E-state index >= 15 is 0 Å². The number of nitrogens with zero attached hydrogens (tertiary/aromatic N) is 1. The van der Waals surface area contributed by atoms with Gasteiger partial charge in [-0.3, -0.25) is 9.59 Å². The molecular formula is C12H12F2N2O4. The standard InChI is InChI=1S/C12H12F2N2O4/c13-6-20-16(7-1-2-9(17)8(14)5-7)11(19)12(3-4-12)10(15)18/h1-2,5,17H,3-4,6H2,(H2,15,18). The van der Waals surface area contributed by atoms with Crippen molar-refractivity contribution >= 4 is 17.5 Å². The minimum atomic E-state index is -1.43. The Morgan fingerprint density at radius 1 is 1.45 bits per heavy atom. The number of alkyl halides is 1. The van der Waals surface area contributed by atoms with Crippen LogP contribution in [0.2, 0.25) is 0 Å². The van der Waals surface area contributed by atoms with E-state index in [1.165, 1.54) is 0 Å². The summed E-state index contributed by atoms with van der Waals surface area (Å²) in [4.78, 5) is 28.0. The quantitative estimate of drug-likeness (QED) is 0.623. The first-order valence-corrected chi connectivity index (χ1v) is 5.74. The lowest BCUT2D eigenvalue weighted by atomic mass is 10.1. The molecule has 0 bridgehead atoms. The molecule has 1 fully saturated rings. The fraction of sp³-hybridized carbons (Fsp3) is 0.333. The summed E-state index contributed by atoms with van der Waals surface area (Å²) in [5, 5.41) is 9.57. The van der Waals surface area contributed by atoms with Crippen LogP contribution in [0.1, 0.15) is 12.8 Å². The van der Waals surface area contributed by atoms with E-state index in [1.807, 2.05) is 0 Å². The van der Waals surface area contributed by atoms with Crippen LogP contribution < -0.4 is 10.8 Å². The summed E-state index contributed by atoms with van der Waals surface area (Å²) in [6.07, 6.45) is 0.460. The number of benzene rings is 1. The molecular weight excluding hydrogens is 274 g/mol. The van der Waals surface area contributed by atoms with Crippen molar-refractivity contribution in [1.29, 1.82) is 0 Å². The zero-order valence-corrected chi connectivity index (χ0v) is 10.3. The Hall–Kier alpha value is -2.22. The maximum Gasteiger partial charge on any atom is 0.266 e. The van der Waals surface area contributed by atoms with Crippen molar-refractivity contribution in [3.05, 3.63) is 24.0 Å². The second-order valence-electron chi connectivity index (χ2n) is 4.42. The van der Waals surface area contributed by atoms with Crippen molar-refractivity contribution in [2.24, 2.45) is 11.1 Å². The van der Waals surface area contributed by atoms with Crippen molar-refractivity contribution in [2.45, 2.75) is 12.8 Å². The molecule has 1 aromatic carbocycles. The first-order valence-electron chi connectivity index (χ1n) is 5.74. The van der Waals surface area contributed by atoms with Gasteiger partial charge in [0, 0.05) is 6.07 Å². The van der Waals surface area contributed by atoms with Gasteiger partial charge in [-0.2, -0.15) is 5.06 Å². The van der Waals surface area contributed by atoms with Crippen molar-refractivity contribution < 1.29 is 28.3 Å². The van der Waals surface area contributed by atoms with Crippen LogP contribution in [0, 0.1) is 11.2 Å². The molecule has 1 saturated carbocycles. The Balaban J connectivity index is 2.34. The van der Waals surface area contributed by atoms with Crippen LogP contribution in [0.4, 0.5) is 14.5 Å². The highest BCUT2D eigenvalue weighted by Crippen LogP contribution is 2.47. The van der Waals surface area contributed by atoms with Crippen molar-refractivity contribution in [3.8, 4) is 5.75 Å². The fourth-order valence-corrected chi connectivity index (χ4v) is 1.81. The molecule has 0 aliphatic heterocycles. The van der Waals surface area contributed by atoms with Gasteiger partial charge in [-0.25, -0.2) is 13.6 Å². The van der Waals surface area contributed by atoms with Crippen LogP contribution in [0.5, 0.6) is 5.75 Å². The van der Waals surface area contributed by atoms with Crippen LogP contribution in [-0.4, -0.2) is 23.8 Å². The van der Waals surface area contributed by atoms with Gasteiger partial charge < -0.3 is 10.8 Å². The molecule has 0 heterocycles. The number of phenolic OH excluding ortho intramolecular Hbond substituents is 1. The Kier molecular flexibility index (Phi) is 3.58. The molecule has 0 spiro atoms. The minimum Gasteiger partial charge on any atom is -0.505 e.